The van der Waals surface area contributed by atoms with E-state index >= 15 is 0 Å². The van der Waals surface area contributed by atoms with Crippen molar-refractivity contribution < 1.29 is 14.0 Å². The maximum absolute atomic E-state index is 11.3. The summed E-state index contributed by atoms with van der Waals surface area (Å²) in [5, 5.41) is 2.81. The van der Waals surface area contributed by atoms with E-state index in [1.165, 1.54) is 0 Å². The number of carbonyl (C=O) groups is 2. The van der Waals surface area contributed by atoms with Gasteiger partial charge in [0.2, 0.25) is 0 Å². The van der Waals surface area contributed by atoms with E-state index in [1.807, 2.05) is 20.8 Å². The Balaban J connectivity index is 4.61. The predicted molar refractivity (Wildman–Crippen MR) is 74.8 cm³/mol. The molecule has 1 atom stereocenters. The molecule has 0 aliphatic heterocycles. The zero-order valence-corrected chi connectivity index (χ0v) is 13.7. The standard InChI is InChI=1S/C12H26N2O3Si/c1-7-8(14-10(16)9(13)15)12(5,6)17-18-11(2,3)4/h8H,7,18H2,1-6H3,(H2,13,15)(H,14,16). The van der Waals surface area contributed by atoms with Crippen LogP contribution in [0.4, 0.5) is 0 Å². The molecule has 1 unspecified atom stereocenters. The van der Waals surface area contributed by atoms with Crippen LogP contribution in [0.15, 0.2) is 0 Å². The SMILES string of the molecule is CCC(NC(=O)C(N)=O)C(C)(C)O[SiH2]C(C)(C)C. The number of rotatable bonds is 5. The van der Waals surface area contributed by atoms with Crippen molar-refractivity contribution in [3.63, 3.8) is 0 Å². The van der Waals surface area contributed by atoms with Crippen molar-refractivity contribution in [2.45, 2.75) is 64.6 Å². The number of hydrogen-bond acceptors (Lipinski definition) is 3. The van der Waals surface area contributed by atoms with Gasteiger partial charge in [0.1, 0.15) is 0 Å². The number of primary amides is 1. The molecule has 106 valence electrons. The number of carbonyl (C=O) groups excluding carboxylic acids is 2. The molecule has 0 aromatic heterocycles. The first-order chi connectivity index (χ1) is 7.99. The Hall–Kier alpha value is -0.883. The molecule has 0 aliphatic rings. The van der Waals surface area contributed by atoms with Crippen LogP contribution >= 0.6 is 0 Å². The molecule has 18 heavy (non-hydrogen) atoms. The van der Waals surface area contributed by atoms with Gasteiger partial charge in [-0.2, -0.15) is 0 Å². The Morgan fingerprint density at radius 3 is 2.11 bits per heavy atom. The van der Waals surface area contributed by atoms with Gasteiger partial charge in [-0.1, -0.05) is 27.7 Å². The monoisotopic (exact) mass is 274 g/mol. The van der Waals surface area contributed by atoms with Gasteiger partial charge in [0.15, 0.2) is 9.76 Å². The van der Waals surface area contributed by atoms with Crippen LogP contribution in [0.25, 0.3) is 0 Å². The summed E-state index contributed by atoms with van der Waals surface area (Å²) in [6, 6.07) is -0.215. The molecule has 0 saturated carbocycles. The Morgan fingerprint density at radius 2 is 1.78 bits per heavy atom. The Kier molecular flexibility index (Phi) is 6.02. The molecule has 0 aromatic rings. The van der Waals surface area contributed by atoms with E-state index in [4.69, 9.17) is 10.2 Å². The third kappa shape index (κ3) is 6.16. The van der Waals surface area contributed by atoms with Gasteiger partial charge >= 0.3 is 11.8 Å². The van der Waals surface area contributed by atoms with E-state index in [9.17, 15) is 9.59 Å². The fourth-order valence-electron chi connectivity index (χ4n) is 1.50. The van der Waals surface area contributed by atoms with Crippen LogP contribution < -0.4 is 11.1 Å². The Bertz CT molecular complexity index is 311. The molecule has 2 amide bonds. The zero-order valence-electron chi connectivity index (χ0n) is 12.3. The van der Waals surface area contributed by atoms with E-state index in [-0.39, 0.29) is 11.1 Å². The topological polar surface area (TPSA) is 81.4 Å². The summed E-state index contributed by atoms with van der Waals surface area (Å²) in [5.74, 6) is -1.71. The van der Waals surface area contributed by atoms with E-state index in [0.29, 0.717) is 6.42 Å². The largest absolute Gasteiger partial charge is 0.416 e. The zero-order chi connectivity index (χ0) is 14.6. The van der Waals surface area contributed by atoms with Crippen molar-refractivity contribution in [2.24, 2.45) is 5.73 Å². The Morgan fingerprint density at radius 1 is 1.28 bits per heavy atom. The van der Waals surface area contributed by atoms with E-state index in [0.717, 1.165) is 0 Å². The minimum absolute atomic E-state index is 0.184. The van der Waals surface area contributed by atoms with Crippen molar-refractivity contribution in [1.82, 2.24) is 5.32 Å². The average Bonchev–Trinajstić information content (AvgIpc) is 2.21. The maximum atomic E-state index is 11.3. The van der Waals surface area contributed by atoms with Crippen molar-refractivity contribution in [1.29, 1.82) is 0 Å². The summed E-state index contributed by atoms with van der Waals surface area (Å²) in [6.45, 7) is 12.2. The third-order valence-corrected chi connectivity index (χ3v) is 4.41. The van der Waals surface area contributed by atoms with Crippen molar-refractivity contribution in [2.75, 3.05) is 0 Å². The number of hydrogen-bond donors (Lipinski definition) is 2. The van der Waals surface area contributed by atoms with Crippen LogP contribution in [0.3, 0.4) is 0 Å². The van der Waals surface area contributed by atoms with Crippen LogP contribution in [0.1, 0.15) is 48.0 Å². The van der Waals surface area contributed by atoms with Crippen LogP contribution in [-0.4, -0.2) is 33.2 Å². The molecule has 0 rings (SSSR count). The molecule has 0 spiro atoms. The van der Waals surface area contributed by atoms with Crippen LogP contribution in [0.5, 0.6) is 0 Å². The molecule has 0 heterocycles. The van der Waals surface area contributed by atoms with Crippen molar-refractivity contribution >= 4 is 21.6 Å². The smallest absolute Gasteiger partial charge is 0.309 e. The van der Waals surface area contributed by atoms with E-state index in [2.05, 4.69) is 26.1 Å². The van der Waals surface area contributed by atoms with Gasteiger partial charge in [-0.05, 0) is 25.3 Å². The summed E-state index contributed by atoms with van der Waals surface area (Å²) in [7, 11) is -0.727. The van der Waals surface area contributed by atoms with Gasteiger partial charge in [0.25, 0.3) is 0 Å². The second-order valence-corrected chi connectivity index (χ2v) is 8.95. The highest BCUT2D eigenvalue weighted by Crippen LogP contribution is 2.25. The lowest BCUT2D eigenvalue weighted by atomic mass is 9.96. The number of nitrogens with one attached hydrogen (secondary N) is 1. The molecular formula is C12H26N2O3Si. The predicted octanol–water partition coefficient (Wildman–Crippen LogP) is 0.464. The molecule has 0 aromatic carbocycles. The number of nitrogens with two attached hydrogens (primary N) is 1. The quantitative estimate of drug-likeness (QED) is 0.564. The van der Waals surface area contributed by atoms with Crippen molar-refractivity contribution in [3.05, 3.63) is 0 Å². The van der Waals surface area contributed by atoms with Gasteiger partial charge in [0.05, 0.1) is 11.6 Å². The highest BCUT2D eigenvalue weighted by Gasteiger charge is 2.32. The molecule has 0 saturated heterocycles. The normalized spacial score (nSPS) is 14.8. The summed E-state index contributed by atoms with van der Waals surface area (Å²) in [4.78, 5) is 22.1. The third-order valence-electron chi connectivity index (χ3n) is 2.65. The summed E-state index contributed by atoms with van der Waals surface area (Å²) >= 11 is 0. The van der Waals surface area contributed by atoms with Gasteiger partial charge in [-0.3, -0.25) is 9.59 Å². The van der Waals surface area contributed by atoms with Crippen LogP contribution in [0.2, 0.25) is 5.04 Å². The first-order valence-electron chi connectivity index (χ1n) is 6.24. The van der Waals surface area contributed by atoms with Gasteiger partial charge in [-0.25, -0.2) is 0 Å². The van der Waals surface area contributed by atoms with Crippen LogP contribution in [-0.2, 0) is 14.0 Å². The second kappa shape index (κ2) is 6.33. The van der Waals surface area contributed by atoms with E-state index < -0.39 is 27.2 Å². The first-order valence-corrected chi connectivity index (χ1v) is 7.52. The first kappa shape index (κ1) is 17.1. The summed E-state index contributed by atoms with van der Waals surface area (Å²) in [6.07, 6.45) is 0.685. The highest BCUT2D eigenvalue weighted by molar-refractivity contribution is 6.34. The van der Waals surface area contributed by atoms with Gasteiger partial charge in [0, 0.05) is 0 Å². The van der Waals surface area contributed by atoms with Gasteiger partial charge < -0.3 is 15.5 Å². The maximum Gasteiger partial charge on any atom is 0.309 e. The average molecular weight is 274 g/mol. The molecular weight excluding hydrogens is 248 g/mol. The molecule has 3 N–H and O–H groups in total. The molecule has 0 aliphatic carbocycles. The molecule has 0 fully saturated rings. The molecule has 6 heteroatoms. The van der Waals surface area contributed by atoms with Gasteiger partial charge in [-0.15, -0.1) is 0 Å². The molecule has 5 nitrogen and oxygen atoms in total. The van der Waals surface area contributed by atoms with E-state index in [1.54, 1.807) is 0 Å². The Labute approximate surface area is 112 Å². The molecule has 0 radical (unpaired) electrons. The fraction of sp³-hybridized carbons (Fsp3) is 0.833. The van der Waals surface area contributed by atoms with Crippen LogP contribution in [0, 0.1) is 0 Å². The minimum atomic E-state index is -0.961. The second-order valence-electron chi connectivity index (χ2n) is 6.25. The summed E-state index contributed by atoms with van der Waals surface area (Å²) < 4.78 is 6.00. The lowest BCUT2D eigenvalue weighted by Crippen LogP contribution is -2.53. The highest BCUT2D eigenvalue weighted by atomic mass is 28.2. The summed E-state index contributed by atoms with van der Waals surface area (Å²) in [5.41, 5.74) is 4.46. The number of amides is 2. The minimum Gasteiger partial charge on any atom is -0.416 e. The molecule has 0 bridgehead atoms. The fourth-order valence-corrected chi connectivity index (χ4v) is 2.51. The van der Waals surface area contributed by atoms with Crippen molar-refractivity contribution in [3.8, 4) is 0 Å². The lowest BCUT2D eigenvalue weighted by molar-refractivity contribution is -0.138. The lowest BCUT2D eigenvalue weighted by Gasteiger charge is -2.36.